The van der Waals surface area contributed by atoms with Crippen molar-refractivity contribution in [3.8, 4) is 11.1 Å². The number of aliphatic carboxylic acids is 1. The van der Waals surface area contributed by atoms with E-state index in [4.69, 9.17) is 4.74 Å². The first-order valence-corrected chi connectivity index (χ1v) is 10.9. The zero-order valence-corrected chi connectivity index (χ0v) is 18.1. The summed E-state index contributed by atoms with van der Waals surface area (Å²) in [4.78, 5) is 24.3. The van der Waals surface area contributed by atoms with E-state index in [-0.39, 0.29) is 12.5 Å². The van der Waals surface area contributed by atoms with Crippen molar-refractivity contribution in [1.82, 2.24) is 5.32 Å². The fourth-order valence-electron chi connectivity index (χ4n) is 4.20. The number of benzene rings is 2. The molecule has 1 amide bonds. The first-order chi connectivity index (χ1) is 15.0. The Morgan fingerprint density at radius 3 is 2.19 bits per heavy atom. The molecule has 1 aliphatic rings. The van der Waals surface area contributed by atoms with Crippen LogP contribution in [-0.4, -0.2) is 29.3 Å². The molecule has 2 aromatic carbocycles. The molecule has 0 fully saturated rings. The molecule has 0 aliphatic heterocycles. The molecule has 0 aromatic heterocycles. The van der Waals surface area contributed by atoms with Crippen LogP contribution in [0, 0.1) is 0 Å². The number of ether oxygens (including phenoxy) is 1. The highest BCUT2D eigenvalue weighted by Gasteiger charge is 2.35. The molecule has 0 bridgehead atoms. The van der Waals surface area contributed by atoms with Gasteiger partial charge in [-0.3, -0.25) is 0 Å². The van der Waals surface area contributed by atoms with E-state index in [2.05, 4.69) is 36.2 Å². The fourth-order valence-corrected chi connectivity index (χ4v) is 4.20. The number of allylic oxidation sites excluding steroid dienone is 1. The fraction of sp³-hybridized carbons (Fsp3) is 0.385. The minimum absolute atomic E-state index is 0.0564. The molecule has 164 valence electrons. The summed E-state index contributed by atoms with van der Waals surface area (Å²) < 4.78 is 5.52. The molecule has 0 saturated heterocycles. The van der Waals surface area contributed by atoms with Crippen molar-refractivity contribution in [1.29, 1.82) is 0 Å². The van der Waals surface area contributed by atoms with E-state index >= 15 is 0 Å². The summed E-state index contributed by atoms with van der Waals surface area (Å²) in [6, 6.07) is 16.2. The van der Waals surface area contributed by atoms with Crippen LogP contribution < -0.4 is 5.32 Å². The second-order valence-electron chi connectivity index (χ2n) is 8.33. The molecule has 2 N–H and O–H groups in total. The summed E-state index contributed by atoms with van der Waals surface area (Å²) >= 11 is 0. The van der Waals surface area contributed by atoms with Crippen LogP contribution in [0.5, 0.6) is 0 Å². The minimum Gasteiger partial charge on any atom is -0.480 e. The molecule has 0 saturated carbocycles. The number of unbranched alkanes of at least 4 members (excludes halogenated alkanes) is 4. The number of rotatable bonds is 11. The summed E-state index contributed by atoms with van der Waals surface area (Å²) in [6.45, 7) is 5.41. The van der Waals surface area contributed by atoms with E-state index in [1.807, 2.05) is 30.3 Å². The van der Waals surface area contributed by atoms with Crippen molar-refractivity contribution in [2.24, 2.45) is 0 Å². The number of hydrogen-bond acceptors (Lipinski definition) is 3. The molecule has 0 heterocycles. The highest BCUT2D eigenvalue weighted by molar-refractivity contribution is 5.84. The Morgan fingerprint density at radius 1 is 1.03 bits per heavy atom. The van der Waals surface area contributed by atoms with Gasteiger partial charge >= 0.3 is 12.1 Å². The van der Waals surface area contributed by atoms with Crippen LogP contribution in [0.15, 0.2) is 61.2 Å². The number of carbonyl (C=O) groups is 2. The molecule has 1 aliphatic carbocycles. The normalized spacial score (nSPS) is 14.2. The van der Waals surface area contributed by atoms with Crippen LogP contribution in [0.2, 0.25) is 0 Å². The predicted octanol–water partition coefficient (Wildman–Crippen LogP) is 5.90. The summed E-state index contributed by atoms with van der Waals surface area (Å²) in [5, 5.41) is 12.3. The summed E-state index contributed by atoms with van der Waals surface area (Å²) in [6.07, 6.45) is 6.24. The summed E-state index contributed by atoms with van der Waals surface area (Å²) in [5.41, 5.74) is 3.20. The maximum Gasteiger partial charge on any atom is 0.408 e. The first kappa shape index (κ1) is 22.6. The lowest BCUT2D eigenvalue weighted by Crippen LogP contribution is -2.52. The van der Waals surface area contributed by atoms with Crippen molar-refractivity contribution < 1.29 is 19.4 Å². The number of amides is 1. The van der Waals surface area contributed by atoms with Crippen LogP contribution in [-0.2, 0) is 9.53 Å². The smallest absolute Gasteiger partial charge is 0.408 e. The van der Waals surface area contributed by atoms with Crippen molar-refractivity contribution in [2.75, 3.05) is 6.61 Å². The van der Waals surface area contributed by atoms with Gasteiger partial charge in [-0.1, -0.05) is 73.9 Å². The molecule has 0 spiro atoms. The topological polar surface area (TPSA) is 75.6 Å². The van der Waals surface area contributed by atoms with Gasteiger partial charge in [-0.25, -0.2) is 9.59 Å². The Kier molecular flexibility index (Phi) is 7.50. The number of alkyl carbamates (subject to hydrolysis) is 1. The van der Waals surface area contributed by atoms with Crippen molar-refractivity contribution in [2.45, 2.75) is 56.9 Å². The second-order valence-corrected chi connectivity index (χ2v) is 8.33. The van der Waals surface area contributed by atoms with Gasteiger partial charge in [0.05, 0.1) is 0 Å². The molecule has 5 nitrogen and oxygen atoms in total. The quantitative estimate of drug-likeness (QED) is 0.350. The number of nitrogens with one attached hydrogen (secondary N) is 1. The van der Waals surface area contributed by atoms with Gasteiger partial charge in [0.2, 0.25) is 0 Å². The molecule has 0 radical (unpaired) electrons. The van der Waals surface area contributed by atoms with Gasteiger partial charge in [-0.15, -0.1) is 6.58 Å². The third-order valence-electron chi connectivity index (χ3n) is 6.03. The van der Waals surface area contributed by atoms with Crippen molar-refractivity contribution >= 4 is 12.1 Å². The molecule has 0 unspecified atom stereocenters. The number of carboxylic acid groups (broad SMARTS) is 1. The Labute approximate surface area is 184 Å². The predicted molar refractivity (Wildman–Crippen MR) is 122 cm³/mol. The molecule has 2 aromatic rings. The van der Waals surface area contributed by atoms with E-state index in [0.717, 1.165) is 54.4 Å². The lowest BCUT2D eigenvalue weighted by Gasteiger charge is -2.26. The van der Waals surface area contributed by atoms with Gasteiger partial charge in [0.15, 0.2) is 0 Å². The van der Waals surface area contributed by atoms with Gasteiger partial charge < -0.3 is 15.2 Å². The van der Waals surface area contributed by atoms with E-state index in [0.29, 0.717) is 6.42 Å². The number of carbonyl (C=O) groups excluding carboxylic acids is 1. The van der Waals surface area contributed by atoms with Gasteiger partial charge in [-0.2, -0.15) is 0 Å². The Hall–Kier alpha value is -3.08. The van der Waals surface area contributed by atoms with E-state index in [9.17, 15) is 14.7 Å². The van der Waals surface area contributed by atoms with Crippen LogP contribution in [0.4, 0.5) is 4.79 Å². The van der Waals surface area contributed by atoms with Crippen molar-refractivity contribution in [3.63, 3.8) is 0 Å². The molecule has 1 atom stereocenters. The maximum absolute atomic E-state index is 12.5. The van der Waals surface area contributed by atoms with Crippen LogP contribution >= 0.6 is 0 Å². The first-order valence-electron chi connectivity index (χ1n) is 10.9. The van der Waals surface area contributed by atoms with E-state index < -0.39 is 17.6 Å². The van der Waals surface area contributed by atoms with Gasteiger partial charge in [0.1, 0.15) is 12.1 Å². The monoisotopic (exact) mass is 421 g/mol. The standard InChI is InChI=1S/C26H31NO4/c1-3-4-5-6-7-12-17-26(2,24(28)29)27-25(30)31-18-23-21-15-10-8-13-19(21)20-14-9-11-16-22(20)23/h3,8-11,13-16,23H,1,4-7,12,17-18H2,2H3,(H,27,30)(H,28,29)/t26-/m0/s1. The van der Waals surface area contributed by atoms with Crippen LogP contribution in [0.3, 0.4) is 0 Å². The number of hydrogen-bond donors (Lipinski definition) is 2. The lowest BCUT2D eigenvalue weighted by atomic mass is 9.94. The third kappa shape index (κ3) is 5.35. The average Bonchev–Trinajstić information content (AvgIpc) is 3.08. The zero-order valence-electron chi connectivity index (χ0n) is 18.1. The third-order valence-corrected chi connectivity index (χ3v) is 6.03. The minimum atomic E-state index is -1.35. The number of fused-ring (bicyclic) bond motifs is 3. The van der Waals surface area contributed by atoms with Crippen molar-refractivity contribution in [3.05, 3.63) is 72.3 Å². The second kappa shape index (κ2) is 10.3. The molecular weight excluding hydrogens is 390 g/mol. The lowest BCUT2D eigenvalue weighted by molar-refractivity contribution is -0.144. The van der Waals surface area contributed by atoms with E-state index in [1.54, 1.807) is 6.92 Å². The Balaban J connectivity index is 1.58. The molecular formula is C26H31NO4. The largest absolute Gasteiger partial charge is 0.480 e. The Bertz CT molecular complexity index is 893. The molecule has 5 heteroatoms. The zero-order chi connectivity index (χ0) is 22.3. The van der Waals surface area contributed by atoms with Gasteiger partial charge in [0, 0.05) is 5.92 Å². The molecule has 31 heavy (non-hydrogen) atoms. The van der Waals surface area contributed by atoms with Crippen LogP contribution in [0.1, 0.15) is 62.5 Å². The SMILES string of the molecule is C=CCCCCCC[C@](C)(NC(=O)OCC1c2ccccc2-c2ccccc21)C(=O)O. The highest BCUT2D eigenvalue weighted by Crippen LogP contribution is 2.44. The average molecular weight is 422 g/mol. The Morgan fingerprint density at radius 2 is 1.61 bits per heavy atom. The number of carboxylic acids is 1. The molecule has 3 rings (SSSR count). The summed E-state index contributed by atoms with van der Waals surface area (Å²) in [5.74, 6) is -1.11. The maximum atomic E-state index is 12.5. The summed E-state index contributed by atoms with van der Waals surface area (Å²) in [7, 11) is 0. The van der Waals surface area contributed by atoms with Crippen LogP contribution in [0.25, 0.3) is 11.1 Å². The van der Waals surface area contributed by atoms with Gasteiger partial charge in [-0.05, 0) is 48.4 Å². The van der Waals surface area contributed by atoms with Gasteiger partial charge in [0.25, 0.3) is 0 Å². The van der Waals surface area contributed by atoms with E-state index in [1.165, 1.54) is 0 Å². The highest BCUT2D eigenvalue weighted by atomic mass is 16.5.